The highest BCUT2D eigenvalue weighted by Gasteiger charge is 2.38. The number of para-hydroxylation sites is 1. The zero-order chi connectivity index (χ0) is 28.1. The van der Waals surface area contributed by atoms with Crippen LogP contribution in [0, 0.1) is 0 Å². The summed E-state index contributed by atoms with van der Waals surface area (Å²) in [5.41, 5.74) is 12.0. The highest BCUT2D eigenvalue weighted by molar-refractivity contribution is 7.09. The molecule has 2 aromatic carbocycles. The smallest absolute Gasteiger partial charge is 0.273 e. The lowest BCUT2D eigenvalue weighted by Gasteiger charge is -2.32. The number of hydrogen-bond donors (Lipinski definition) is 3. The number of primary amides is 1. The van der Waals surface area contributed by atoms with Crippen molar-refractivity contribution < 1.29 is 28.6 Å². The lowest BCUT2D eigenvalue weighted by Crippen LogP contribution is -2.46. The summed E-state index contributed by atoms with van der Waals surface area (Å²) in [4.78, 5) is 41.4. The number of anilines is 2. The van der Waals surface area contributed by atoms with Crippen LogP contribution >= 0.6 is 11.5 Å². The number of nitrogens with zero attached hydrogens (tertiary/aromatic N) is 2. The Bertz CT molecular complexity index is 1330. The van der Waals surface area contributed by atoms with Crippen LogP contribution in [-0.2, 0) is 4.79 Å². The normalized spacial score (nSPS) is 13.9. The predicted octanol–water partition coefficient (Wildman–Crippen LogP) is 3.30. The van der Waals surface area contributed by atoms with Crippen molar-refractivity contribution in [2.24, 2.45) is 5.73 Å². The molecule has 1 atom stereocenters. The van der Waals surface area contributed by atoms with Gasteiger partial charge in [0.25, 0.3) is 11.8 Å². The minimum atomic E-state index is -1.17. The maximum absolute atomic E-state index is 14.2. The lowest BCUT2D eigenvalue weighted by atomic mass is 10.0. The van der Waals surface area contributed by atoms with E-state index in [1.54, 1.807) is 42.5 Å². The molecule has 0 aliphatic heterocycles. The van der Waals surface area contributed by atoms with Crippen LogP contribution in [0.25, 0.3) is 0 Å². The molecule has 1 saturated carbocycles. The third kappa shape index (κ3) is 5.60. The van der Waals surface area contributed by atoms with Gasteiger partial charge in [-0.05, 0) is 54.2 Å². The SMILES string of the molecule is COc1cc([C@H](C(=O)NC2CCCC2)N(C(=O)c2snc(C(N)=O)c2N)c2ccccc2)cc(OC)c1OC. The first-order valence-corrected chi connectivity index (χ1v) is 13.1. The van der Waals surface area contributed by atoms with Crippen molar-refractivity contribution in [3.63, 3.8) is 0 Å². The fraction of sp³-hybridized carbons (Fsp3) is 0.333. The molecule has 1 aromatic heterocycles. The maximum atomic E-state index is 14.2. The summed E-state index contributed by atoms with van der Waals surface area (Å²) < 4.78 is 20.5. The Morgan fingerprint density at radius 1 is 1.03 bits per heavy atom. The Hall–Kier alpha value is -4.32. The summed E-state index contributed by atoms with van der Waals surface area (Å²) in [6.45, 7) is 0. The summed E-state index contributed by atoms with van der Waals surface area (Å²) in [5.74, 6) is -0.891. The van der Waals surface area contributed by atoms with Gasteiger partial charge in [-0.15, -0.1) is 0 Å². The van der Waals surface area contributed by atoms with Crippen molar-refractivity contribution in [2.75, 3.05) is 32.0 Å². The van der Waals surface area contributed by atoms with Crippen LogP contribution in [0.15, 0.2) is 42.5 Å². The number of carbonyl (C=O) groups is 3. The molecule has 1 aliphatic rings. The zero-order valence-electron chi connectivity index (χ0n) is 21.9. The van der Waals surface area contributed by atoms with Crippen LogP contribution in [0.2, 0.25) is 0 Å². The van der Waals surface area contributed by atoms with Crippen LogP contribution in [0.3, 0.4) is 0 Å². The highest BCUT2D eigenvalue weighted by atomic mass is 32.1. The van der Waals surface area contributed by atoms with Gasteiger partial charge in [0.15, 0.2) is 17.2 Å². The van der Waals surface area contributed by atoms with Crippen molar-refractivity contribution >= 4 is 40.6 Å². The molecule has 0 saturated heterocycles. The second kappa shape index (κ2) is 12.0. The van der Waals surface area contributed by atoms with E-state index >= 15 is 0 Å². The largest absolute Gasteiger partial charge is 0.493 e. The van der Waals surface area contributed by atoms with Crippen molar-refractivity contribution in [3.8, 4) is 17.2 Å². The fourth-order valence-electron chi connectivity index (χ4n) is 4.74. The number of ether oxygens (including phenoxy) is 3. The molecule has 3 aromatic rings. The van der Waals surface area contributed by atoms with E-state index in [4.69, 9.17) is 25.7 Å². The molecule has 0 unspecified atom stereocenters. The monoisotopic (exact) mass is 553 g/mol. The first-order chi connectivity index (χ1) is 18.8. The van der Waals surface area contributed by atoms with E-state index in [1.807, 2.05) is 0 Å². The van der Waals surface area contributed by atoms with Crippen molar-refractivity contribution in [2.45, 2.75) is 37.8 Å². The van der Waals surface area contributed by atoms with Crippen LogP contribution in [-0.4, -0.2) is 49.5 Å². The predicted molar refractivity (Wildman–Crippen MR) is 148 cm³/mol. The minimum absolute atomic E-state index is 0.0150. The number of carbonyl (C=O) groups excluding carboxylic acids is 3. The molecule has 1 heterocycles. The standard InChI is InChI=1S/C27H31N5O6S/c1-36-18-13-15(14-19(37-2)23(18)38-3)22(26(34)30-16-9-7-8-10-16)32(17-11-5-4-6-12-17)27(35)24-20(28)21(25(29)33)31-39-24/h4-6,11-14,16,22H,7-10,28H2,1-3H3,(H2,29,33)(H,30,34)/t22-/m1/s1. The molecular weight excluding hydrogens is 522 g/mol. The molecular formula is C27H31N5O6S. The number of benzene rings is 2. The molecule has 0 bridgehead atoms. The maximum Gasteiger partial charge on any atom is 0.273 e. The number of methoxy groups -OCH3 is 3. The van der Waals surface area contributed by atoms with E-state index in [2.05, 4.69) is 9.69 Å². The number of amides is 3. The molecule has 206 valence electrons. The second-order valence-electron chi connectivity index (χ2n) is 9.00. The summed E-state index contributed by atoms with van der Waals surface area (Å²) in [6, 6.07) is 10.8. The van der Waals surface area contributed by atoms with Gasteiger partial charge in [0.05, 0.1) is 27.0 Å². The molecule has 11 nitrogen and oxygen atoms in total. The Labute approximate surface area is 230 Å². The van der Waals surface area contributed by atoms with Gasteiger partial charge in [-0.3, -0.25) is 19.3 Å². The third-order valence-corrected chi connectivity index (χ3v) is 7.47. The van der Waals surface area contributed by atoms with E-state index in [1.165, 1.54) is 26.2 Å². The summed E-state index contributed by atoms with van der Waals surface area (Å²) >= 11 is 0.746. The van der Waals surface area contributed by atoms with Gasteiger partial charge in [-0.25, -0.2) is 0 Å². The Morgan fingerprint density at radius 2 is 1.64 bits per heavy atom. The highest BCUT2D eigenvalue weighted by Crippen LogP contribution is 2.42. The summed E-state index contributed by atoms with van der Waals surface area (Å²) in [5, 5.41) is 3.11. The number of hydrogen-bond acceptors (Lipinski definition) is 9. The average molecular weight is 554 g/mol. The van der Waals surface area contributed by atoms with E-state index < -0.39 is 23.8 Å². The molecule has 4 rings (SSSR count). The topological polar surface area (TPSA) is 159 Å². The van der Waals surface area contributed by atoms with Crippen molar-refractivity contribution in [1.82, 2.24) is 9.69 Å². The fourth-order valence-corrected chi connectivity index (χ4v) is 5.48. The number of nitrogens with one attached hydrogen (secondary N) is 1. The van der Waals surface area contributed by atoms with Gasteiger partial charge in [-0.2, -0.15) is 4.37 Å². The third-order valence-electron chi connectivity index (χ3n) is 6.62. The van der Waals surface area contributed by atoms with Crippen molar-refractivity contribution in [3.05, 3.63) is 58.6 Å². The minimum Gasteiger partial charge on any atom is -0.493 e. The first-order valence-electron chi connectivity index (χ1n) is 12.3. The van der Waals surface area contributed by atoms with Crippen LogP contribution in [0.5, 0.6) is 17.2 Å². The quantitative estimate of drug-likeness (QED) is 0.345. The number of nitrogen functional groups attached to an aromatic ring is 1. The van der Waals surface area contributed by atoms with Gasteiger partial charge in [0.2, 0.25) is 11.7 Å². The van der Waals surface area contributed by atoms with Gasteiger partial charge in [-0.1, -0.05) is 31.0 Å². The lowest BCUT2D eigenvalue weighted by molar-refractivity contribution is -0.123. The Kier molecular flexibility index (Phi) is 8.55. The summed E-state index contributed by atoms with van der Waals surface area (Å²) in [7, 11) is 4.42. The summed E-state index contributed by atoms with van der Waals surface area (Å²) in [6.07, 6.45) is 3.70. The van der Waals surface area contributed by atoms with Gasteiger partial charge >= 0.3 is 0 Å². The molecule has 5 N–H and O–H groups in total. The first kappa shape index (κ1) is 27.7. The van der Waals surface area contributed by atoms with E-state index in [-0.39, 0.29) is 22.3 Å². The molecule has 1 fully saturated rings. The zero-order valence-corrected chi connectivity index (χ0v) is 22.7. The molecule has 12 heteroatoms. The molecule has 39 heavy (non-hydrogen) atoms. The second-order valence-corrected chi connectivity index (χ2v) is 9.77. The molecule has 0 spiro atoms. The van der Waals surface area contributed by atoms with Crippen molar-refractivity contribution in [1.29, 1.82) is 0 Å². The van der Waals surface area contributed by atoms with E-state index in [0.29, 0.717) is 28.5 Å². The van der Waals surface area contributed by atoms with Crippen LogP contribution in [0.4, 0.5) is 11.4 Å². The van der Waals surface area contributed by atoms with Crippen LogP contribution in [0.1, 0.15) is 57.4 Å². The van der Waals surface area contributed by atoms with Gasteiger partial charge in [0.1, 0.15) is 10.9 Å². The number of aromatic nitrogens is 1. The van der Waals surface area contributed by atoms with Gasteiger partial charge in [0, 0.05) is 11.7 Å². The van der Waals surface area contributed by atoms with Crippen LogP contribution < -0.4 is 35.9 Å². The number of nitrogens with two attached hydrogens (primary N) is 2. The molecule has 3 amide bonds. The molecule has 1 aliphatic carbocycles. The Balaban J connectivity index is 1.92. The van der Waals surface area contributed by atoms with Gasteiger partial charge < -0.3 is 31.0 Å². The van der Waals surface area contributed by atoms with E-state index in [9.17, 15) is 14.4 Å². The Morgan fingerprint density at radius 3 is 2.15 bits per heavy atom. The molecule has 0 radical (unpaired) electrons. The number of rotatable bonds is 10. The van der Waals surface area contributed by atoms with E-state index in [0.717, 1.165) is 37.2 Å². The average Bonchev–Trinajstić information content (AvgIpc) is 3.60.